The van der Waals surface area contributed by atoms with Gasteiger partial charge in [0.1, 0.15) is 0 Å². The van der Waals surface area contributed by atoms with Crippen molar-refractivity contribution >= 4 is 15.2 Å². The Morgan fingerprint density at radius 2 is 1.45 bits per heavy atom. The summed E-state index contributed by atoms with van der Waals surface area (Å²) in [4.78, 5) is 35.8. The molecule has 9 nitrogen and oxygen atoms in total. The number of hydrogen-bond acceptors (Lipinski definition) is 5. The predicted molar refractivity (Wildman–Crippen MR) is 76.8 cm³/mol. The van der Waals surface area contributed by atoms with Crippen molar-refractivity contribution in [1.29, 1.82) is 0 Å². The van der Waals surface area contributed by atoms with E-state index in [-0.39, 0.29) is 12.8 Å². The quantitative estimate of drug-likeness (QED) is 0.168. The van der Waals surface area contributed by atoms with Crippen molar-refractivity contribution in [2.75, 3.05) is 38.9 Å². The first-order valence-electron chi connectivity index (χ1n) is 6.38. The fourth-order valence-corrected chi connectivity index (χ4v) is 3.38. The lowest BCUT2D eigenvalue weighted by molar-refractivity contribution is 0.347. The Morgan fingerprint density at radius 3 is 1.90 bits per heavy atom. The van der Waals surface area contributed by atoms with Crippen LogP contribution in [0.3, 0.4) is 0 Å². The van der Waals surface area contributed by atoms with Gasteiger partial charge in [-0.3, -0.25) is 9.13 Å². The minimum Gasteiger partial charge on any atom is -0.329 e. The predicted octanol–water partition coefficient (Wildman–Crippen LogP) is -1.37. The maximum Gasteiger partial charge on any atom is 0.328 e. The lowest BCUT2D eigenvalue weighted by Crippen LogP contribution is -2.32. The van der Waals surface area contributed by atoms with E-state index in [2.05, 4.69) is 10.6 Å². The van der Waals surface area contributed by atoms with Crippen LogP contribution in [0.2, 0.25) is 0 Å². The first-order chi connectivity index (χ1) is 9.17. The molecule has 0 bridgehead atoms. The van der Waals surface area contributed by atoms with Gasteiger partial charge in [0.2, 0.25) is 0 Å². The summed E-state index contributed by atoms with van der Waals surface area (Å²) in [5.74, 6) is 0. The fourth-order valence-electron chi connectivity index (χ4n) is 1.60. The number of rotatable bonds is 12. The normalized spacial score (nSPS) is 14.4. The van der Waals surface area contributed by atoms with Crippen molar-refractivity contribution in [3.05, 3.63) is 0 Å². The first kappa shape index (κ1) is 20.2. The highest BCUT2D eigenvalue weighted by Gasteiger charge is 2.30. The summed E-state index contributed by atoms with van der Waals surface area (Å²) in [6, 6.07) is 0. The second-order valence-electron chi connectivity index (χ2n) is 4.50. The van der Waals surface area contributed by atoms with E-state index in [1.54, 1.807) is 0 Å². The Balaban J connectivity index is 3.95. The van der Waals surface area contributed by atoms with Crippen LogP contribution < -0.4 is 16.4 Å². The smallest absolute Gasteiger partial charge is 0.328 e. The van der Waals surface area contributed by atoms with Gasteiger partial charge in [-0.2, -0.15) is 0 Å². The van der Waals surface area contributed by atoms with Crippen LogP contribution in [0.25, 0.3) is 0 Å². The molecule has 1 unspecified atom stereocenters. The summed E-state index contributed by atoms with van der Waals surface area (Å²) >= 11 is 0. The molecular formula is C9H25N3O6P2. The van der Waals surface area contributed by atoms with Crippen molar-refractivity contribution in [3.63, 3.8) is 0 Å². The Morgan fingerprint density at radius 1 is 0.900 bits per heavy atom. The molecule has 0 aromatic heterocycles. The molecule has 1 atom stereocenters. The molecule has 0 amide bonds. The second-order valence-corrected chi connectivity index (χ2v) is 8.18. The van der Waals surface area contributed by atoms with Gasteiger partial charge in [-0.05, 0) is 19.4 Å². The SMILES string of the molecule is NCCNCCNCCC(CCP(=O)(O)O)P(=O)(O)O. The van der Waals surface area contributed by atoms with E-state index in [4.69, 9.17) is 25.3 Å². The molecule has 122 valence electrons. The molecule has 8 N–H and O–H groups in total. The molecule has 0 aliphatic carbocycles. The van der Waals surface area contributed by atoms with Crippen molar-refractivity contribution < 1.29 is 28.7 Å². The number of nitrogens with two attached hydrogens (primary N) is 1. The Bertz CT molecular complexity index is 345. The van der Waals surface area contributed by atoms with Crippen molar-refractivity contribution in [2.45, 2.75) is 18.5 Å². The molecule has 0 saturated carbocycles. The van der Waals surface area contributed by atoms with Crippen LogP contribution in [-0.2, 0) is 9.13 Å². The van der Waals surface area contributed by atoms with Gasteiger partial charge in [-0.25, -0.2) is 0 Å². The van der Waals surface area contributed by atoms with Crippen molar-refractivity contribution in [1.82, 2.24) is 10.6 Å². The third kappa shape index (κ3) is 12.0. The molecule has 0 heterocycles. The molecule has 0 aromatic rings. The lowest BCUT2D eigenvalue weighted by atomic mass is 10.2. The topological polar surface area (TPSA) is 165 Å². The van der Waals surface area contributed by atoms with E-state index in [0.29, 0.717) is 32.7 Å². The maximum atomic E-state index is 11.2. The summed E-state index contributed by atoms with van der Waals surface area (Å²) in [7, 11) is -8.58. The van der Waals surface area contributed by atoms with Gasteiger partial charge in [-0.15, -0.1) is 0 Å². The van der Waals surface area contributed by atoms with Gasteiger partial charge in [-0.1, -0.05) is 0 Å². The van der Waals surface area contributed by atoms with Crippen LogP contribution in [0, 0.1) is 0 Å². The summed E-state index contributed by atoms with van der Waals surface area (Å²) in [6.07, 6.45) is -0.538. The van der Waals surface area contributed by atoms with Gasteiger partial charge in [0.25, 0.3) is 0 Å². The minimum atomic E-state index is -4.34. The number of nitrogens with one attached hydrogen (secondary N) is 2. The molecule has 0 aromatic carbocycles. The van der Waals surface area contributed by atoms with E-state index in [1.165, 1.54) is 0 Å². The van der Waals surface area contributed by atoms with Gasteiger partial charge in [0.15, 0.2) is 0 Å². The monoisotopic (exact) mass is 333 g/mol. The largest absolute Gasteiger partial charge is 0.329 e. The van der Waals surface area contributed by atoms with Crippen LogP contribution in [0.4, 0.5) is 0 Å². The number of hydrogen-bond donors (Lipinski definition) is 7. The van der Waals surface area contributed by atoms with Crippen molar-refractivity contribution in [3.8, 4) is 0 Å². The molecule has 0 rings (SSSR count). The molecule has 0 fully saturated rings. The lowest BCUT2D eigenvalue weighted by Gasteiger charge is -2.18. The molecular weight excluding hydrogens is 308 g/mol. The Labute approximate surface area is 118 Å². The van der Waals surface area contributed by atoms with Crippen LogP contribution >= 0.6 is 15.2 Å². The molecule has 0 aliphatic heterocycles. The van der Waals surface area contributed by atoms with Crippen LogP contribution in [-0.4, -0.2) is 64.1 Å². The zero-order valence-corrected chi connectivity index (χ0v) is 13.1. The summed E-state index contributed by atoms with van der Waals surface area (Å²) in [5.41, 5.74) is 4.26. The zero-order valence-electron chi connectivity index (χ0n) is 11.3. The Hall–Kier alpha value is 0.180. The van der Waals surface area contributed by atoms with Gasteiger partial charge >= 0.3 is 15.2 Å². The van der Waals surface area contributed by atoms with Crippen molar-refractivity contribution in [2.24, 2.45) is 5.73 Å². The molecule has 0 aliphatic rings. The van der Waals surface area contributed by atoms with E-state index >= 15 is 0 Å². The highest BCUT2D eigenvalue weighted by atomic mass is 31.2. The second kappa shape index (κ2) is 10.00. The van der Waals surface area contributed by atoms with E-state index < -0.39 is 27.0 Å². The third-order valence-corrected chi connectivity index (χ3v) is 4.99. The summed E-state index contributed by atoms with van der Waals surface area (Å²) in [5, 5.41) is 6.06. The first-order valence-corrected chi connectivity index (χ1v) is 9.86. The average molecular weight is 333 g/mol. The maximum absolute atomic E-state index is 11.2. The minimum absolute atomic E-state index is 0.168. The molecule has 11 heteroatoms. The van der Waals surface area contributed by atoms with Gasteiger partial charge < -0.3 is 35.9 Å². The summed E-state index contributed by atoms with van der Waals surface area (Å²) < 4.78 is 22.0. The van der Waals surface area contributed by atoms with Crippen LogP contribution in [0.1, 0.15) is 12.8 Å². The van der Waals surface area contributed by atoms with E-state index in [0.717, 1.165) is 0 Å². The fraction of sp³-hybridized carbons (Fsp3) is 1.00. The van der Waals surface area contributed by atoms with Gasteiger partial charge in [0.05, 0.1) is 11.8 Å². The molecule has 0 spiro atoms. The highest BCUT2D eigenvalue weighted by Crippen LogP contribution is 2.47. The van der Waals surface area contributed by atoms with E-state index in [9.17, 15) is 9.13 Å². The Kier molecular flexibility index (Phi) is 10.1. The molecule has 0 radical (unpaired) electrons. The van der Waals surface area contributed by atoms with E-state index in [1.807, 2.05) is 0 Å². The van der Waals surface area contributed by atoms with Gasteiger partial charge in [0, 0.05) is 26.2 Å². The third-order valence-electron chi connectivity index (χ3n) is 2.68. The zero-order chi connectivity index (χ0) is 15.6. The summed E-state index contributed by atoms with van der Waals surface area (Å²) in [6.45, 7) is 2.95. The standard InChI is InChI=1S/C9H25N3O6P2/c10-3-5-12-7-6-11-4-1-9(20(16,17)18)2-8-19(13,14)15/h9,11-12H,1-8,10H2,(H2,13,14,15)(H2,16,17,18). The molecule has 0 saturated heterocycles. The van der Waals surface area contributed by atoms with Crippen LogP contribution in [0.5, 0.6) is 0 Å². The highest BCUT2D eigenvalue weighted by molar-refractivity contribution is 7.53. The molecule has 20 heavy (non-hydrogen) atoms. The average Bonchev–Trinajstić information content (AvgIpc) is 2.28. The van der Waals surface area contributed by atoms with Crippen LogP contribution in [0.15, 0.2) is 0 Å².